The zero-order valence-electron chi connectivity index (χ0n) is 16.4. The highest BCUT2D eigenvalue weighted by molar-refractivity contribution is 14.0. The van der Waals surface area contributed by atoms with Gasteiger partial charge in [0.05, 0.1) is 19.6 Å². The van der Waals surface area contributed by atoms with Crippen LogP contribution >= 0.6 is 39.9 Å². The summed E-state index contributed by atoms with van der Waals surface area (Å²) in [5.74, 6) is 0.184. The van der Waals surface area contributed by atoms with Crippen LogP contribution in [0.1, 0.15) is 26.3 Å². The minimum Gasteiger partial charge on any atom is -0.350 e. The van der Waals surface area contributed by atoms with Gasteiger partial charge in [-0.1, -0.05) is 28.1 Å². The first-order valence-electron chi connectivity index (χ1n) is 8.34. The van der Waals surface area contributed by atoms with Crippen molar-refractivity contribution in [2.24, 2.45) is 4.99 Å². The van der Waals surface area contributed by atoms with Crippen molar-refractivity contribution < 1.29 is 9.59 Å². The van der Waals surface area contributed by atoms with Crippen LogP contribution in [0.15, 0.2) is 33.7 Å². The predicted molar refractivity (Wildman–Crippen MR) is 123 cm³/mol. The maximum atomic E-state index is 12.0. The van der Waals surface area contributed by atoms with Crippen molar-refractivity contribution in [2.75, 3.05) is 27.2 Å². The maximum Gasteiger partial charge on any atom is 0.241 e. The smallest absolute Gasteiger partial charge is 0.241 e. The number of nitrogens with zero attached hydrogens (tertiary/aromatic N) is 2. The molecule has 0 saturated carbocycles. The summed E-state index contributed by atoms with van der Waals surface area (Å²) < 4.78 is 0.997. The van der Waals surface area contributed by atoms with E-state index in [1.54, 1.807) is 14.1 Å². The van der Waals surface area contributed by atoms with Crippen LogP contribution < -0.4 is 16.0 Å². The molecular weight excluding hydrogens is 525 g/mol. The molecule has 0 aliphatic heterocycles. The van der Waals surface area contributed by atoms with Crippen molar-refractivity contribution in [3.63, 3.8) is 0 Å². The summed E-state index contributed by atoms with van der Waals surface area (Å²) in [6, 6.07) is 7.81. The van der Waals surface area contributed by atoms with Gasteiger partial charge in [-0.15, -0.1) is 24.0 Å². The molecule has 7 nitrogen and oxygen atoms in total. The predicted octanol–water partition coefficient (Wildman–Crippen LogP) is 2.11. The molecule has 1 aromatic rings. The summed E-state index contributed by atoms with van der Waals surface area (Å²) in [7, 11) is 3.37. The Balaban J connectivity index is 0.00000676. The highest BCUT2D eigenvalue weighted by atomic mass is 127. The van der Waals surface area contributed by atoms with E-state index >= 15 is 0 Å². The minimum atomic E-state index is -0.304. The van der Waals surface area contributed by atoms with E-state index in [1.807, 2.05) is 45.0 Å². The Morgan fingerprint density at radius 1 is 1.07 bits per heavy atom. The van der Waals surface area contributed by atoms with Gasteiger partial charge in [0.15, 0.2) is 5.96 Å². The van der Waals surface area contributed by atoms with Gasteiger partial charge in [-0.2, -0.15) is 0 Å². The third-order valence-corrected chi connectivity index (χ3v) is 3.70. The molecule has 0 spiro atoms. The fraction of sp³-hybridized carbons (Fsp3) is 0.500. The lowest BCUT2D eigenvalue weighted by atomic mass is 10.1. The first-order valence-corrected chi connectivity index (χ1v) is 9.14. The van der Waals surface area contributed by atoms with Gasteiger partial charge < -0.3 is 20.9 Å². The van der Waals surface area contributed by atoms with E-state index in [4.69, 9.17) is 0 Å². The van der Waals surface area contributed by atoms with Gasteiger partial charge in [0.25, 0.3) is 0 Å². The van der Waals surface area contributed by atoms with Crippen molar-refractivity contribution in [1.82, 2.24) is 20.9 Å². The van der Waals surface area contributed by atoms with E-state index in [-0.39, 0.29) is 54.4 Å². The number of aliphatic imine (C=N–C) groups is 1. The van der Waals surface area contributed by atoms with Gasteiger partial charge in [0, 0.05) is 24.1 Å². The molecule has 0 heterocycles. The maximum absolute atomic E-state index is 12.0. The van der Waals surface area contributed by atoms with Gasteiger partial charge in [-0.05, 0) is 38.5 Å². The highest BCUT2D eigenvalue weighted by Crippen LogP contribution is 2.11. The van der Waals surface area contributed by atoms with Gasteiger partial charge in [-0.25, -0.2) is 4.99 Å². The molecule has 2 amide bonds. The molecule has 1 rings (SSSR count). The molecule has 0 saturated heterocycles. The van der Waals surface area contributed by atoms with Crippen molar-refractivity contribution in [1.29, 1.82) is 0 Å². The fourth-order valence-electron chi connectivity index (χ4n) is 1.88. The average molecular weight is 554 g/mol. The molecule has 0 aliphatic rings. The van der Waals surface area contributed by atoms with Crippen LogP contribution in [0, 0.1) is 0 Å². The summed E-state index contributed by atoms with van der Waals surface area (Å²) >= 11 is 3.40. The lowest BCUT2D eigenvalue weighted by Crippen LogP contribution is -2.49. The van der Waals surface area contributed by atoms with E-state index in [1.165, 1.54) is 4.90 Å². The van der Waals surface area contributed by atoms with Gasteiger partial charge in [0.1, 0.15) is 0 Å². The Morgan fingerprint density at radius 2 is 1.63 bits per heavy atom. The SMILES string of the molecule is CN(C)C(=O)CNC(=NCc1ccc(Br)cc1)NCC(=O)NC(C)(C)C.I. The number of halogens is 2. The second kappa shape index (κ2) is 12.2. The summed E-state index contributed by atoms with van der Waals surface area (Å²) in [6.07, 6.45) is 0. The zero-order valence-corrected chi connectivity index (χ0v) is 20.3. The number of amides is 2. The Morgan fingerprint density at radius 3 is 2.15 bits per heavy atom. The molecule has 1 aromatic carbocycles. The molecule has 27 heavy (non-hydrogen) atoms. The normalized spacial score (nSPS) is 11.3. The zero-order chi connectivity index (χ0) is 19.7. The number of nitrogens with one attached hydrogen (secondary N) is 3. The first kappa shape index (κ1) is 25.6. The van der Waals surface area contributed by atoms with Crippen LogP contribution in [-0.4, -0.2) is 55.4 Å². The van der Waals surface area contributed by atoms with Gasteiger partial charge in [0.2, 0.25) is 11.8 Å². The molecule has 3 N–H and O–H groups in total. The second-order valence-electron chi connectivity index (χ2n) is 7.08. The van der Waals surface area contributed by atoms with Crippen molar-refractivity contribution in [2.45, 2.75) is 32.9 Å². The minimum absolute atomic E-state index is 0. The van der Waals surface area contributed by atoms with E-state index < -0.39 is 0 Å². The van der Waals surface area contributed by atoms with Crippen LogP contribution in [0.25, 0.3) is 0 Å². The standard InChI is InChI=1S/C18H28BrN5O2.HI/c1-18(2,3)23-15(25)11-21-17(22-12-16(26)24(4)5)20-10-13-6-8-14(19)9-7-13;/h6-9H,10-12H2,1-5H3,(H,23,25)(H2,20,21,22);1H. The van der Waals surface area contributed by atoms with E-state index in [0.29, 0.717) is 12.5 Å². The molecule has 0 aromatic heterocycles. The number of likely N-dealkylation sites (N-methyl/N-ethyl adjacent to an activating group) is 1. The molecule has 0 aliphatic carbocycles. The second-order valence-corrected chi connectivity index (χ2v) is 8.00. The number of hydrogen-bond acceptors (Lipinski definition) is 3. The molecule has 0 fully saturated rings. The molecule has 0 unspecified atom stereocenters. The van der Waals surface area contributed by atoms with E-state index in [0.717, 1.165) is 10.0 Å². The Kier molecular flexibility index (Phi) is 11.6. The molecule has 9 heteroatoms. The summed E-state index contributed by atoms with van der Waals surface area (Å²) in [5.41, 5.74) is 0.717. The van der Waals surface area contributed by atoms with E-state index in [9.17, 15) is 9.59 Å². The molecular formula is C18H29BrIN5O2. The summed E-state index contributed by atoms with van der Waals surface area (Å²) in [6.45, 7) is 6.35. The first-order chi connectivity index (χ1) is 12.1. The van der Waals surface area contributed by atoms with Crippen LogP contribution in [0.4, 0.5) is 0 Å². The molecule has 0 atom stereocenters. The Labute approximate surface area is 186 Å². The third-order valence-electron chi connectivity index (χ3n) is 3.17. The number of benzene rings is 1. The van der Waals surface area contributed by atoms with Crippen LogP contribution in [0.5, 0.6) is 0 Å². The highest BCUT2D eigenvalue weighted by Gasteiger charge is 2.14. The quantitative estimate of drug-likeness (QED) is 0.286. The fourth-order valence-corrected chi connectivity index (χ4v) is 2.14. The monoisotopic (exact) mass is 553 g/mol. The van der Waals surface area contributed by atoms with Crippen molar-refractivity contribution in [3.05, 3.63) is 34.3 Å². The van der Waals surface area contributed by atoms with Crippen molar-refractivity contribution in [3.8, 4) is 0 Å². The number of hydrogen-bond donors (Lipinski definition) is 3. The number of guanidine groups is 1. The van der Waals surface area contributed by atoms with Crippen LogP contribution in [0.2, 0.25) is 0 Å². The average Bonchev–Trinajstić information content (AvgIpc) is 2.53. The number of carbonyl (C=O) groups excluding carboxylic acids is 2. The van der Waals surface area contributed by atoms with E-state index in [2.05, 4.69) is 36.9 Å². The number of rotatable bonds is 6. The summed E-state index contributed by atoms with van der Waals surface area (Å²) in [5, 5.41) is 8.80. The van der Waals surface area contributed by atoms with Crippen LogP contribution in [0.3, 0.4) is 0 Å². The topological polar surface area (TPSA) is 85.8 Å². The number of carbonyl (C=O) groups is 2. The van der Waals surface area contributed by atoms with Gasteiger partial charge in [-0.3, -0.25) is 9.59 Å². The summed E-state index contributed by atoms with van der Waals surface area (Å²) in [4.78, 5) is 29.7. The lowest BCUT2D eigenvalue weighted by molar-refractivity contribution is -0.127. The Hall–Kier alpha value is -1.36. The molecule has 152 valence electrons. The Bertz CT molecular complexity index is 642. The molecule has 0 bridgehead atoms. The largest absolute Gasteiger partial charge is 0.350 e. The third kappa shape index (κ3) is 11.9. The van der Waals surface area contributed by atoms with Crippen molar-refractivity contribution >= 4 is 57.7 Å². The van der Waals surface area contributed by atoms with Gasteiger partial charge >= 0.3 is 0 Å². The lowest BCUT2D eigenvalue weighted by Gasteiger charge is -2.21. The van der Waals surface area contributed by atoms with Crippen LogP contribution in [-0.2, 0) is 16.1 Å². The molecule has 0 radical (unpaired) electrons.